The maximum Gasteiger partial charge on any atom is 0.225 e. The van der Waals surface area contributed by atoms with Gasteiger partial charge in [0.15, 0.2) is 0 Å². The number of nitrogens with one attached hydrogen (secondary N) is 2. The zero-order valence-corrected chi connectivity index (χ0v) is 12.9. The number of carbonyl (C=O) groups is 1. The summed E-state index contributed by atoms with van der Waals surface area (Å²) < 4.78 is 0. The Hall–Kier alpha value is -1.10. The van der Waals surface area contributed by atoms with E-state index in [2.05, 4.69) is 15.5 Å². The first kappa shape index (κ1) is 14.8. The zero-order chi connectivity index (χ0) is 14.7. The maximum absolute atomic E-state index is 12.0. The summed E-state index contributed by atoms with van der Waals surface area (Å²) in [7, 11) is 0. The topological polar surface area (TPSA) is 44.4 Å². The van der Waals surface area contributed by atoms with Crippen molar-refractivity contribution in [2.24, 2.45) is 0 Å². The SMILES string of the molecule is O=C(CCN1CCC2CCC(C1)N2)Nc1cccc(Cl)c1. The van der Waals surface area contributed by atoms with E-state index in [0.29, 0.717) is 23.5 Å². The lowest BCUT2D eigenvalue weighted by Crippen LogP contribution is -2.36. The van der Waals surface area contributed by atoms with Crippen LogP contribution in [0.15, 0.2) is 24.3 Å². The number of benzene rings is 1. The maximum atomic E-state index is 12.0. The molecule has 0 spiro atoms. The van der Waals surface area contributed by atoms with Crippen molar-refractivity contribution in [2.75, 3.05) is 25.0 Å². The largest absolute Gasteiger partial charge is 0.326 e. The Bertz CT molecular complexity index is 508. The molecule has 2 heterocycles. The number of hydrogen-bond acceptors (Lipinski definition) is 3. The fourth-order valence-electron chi connectivity index (χ4n) is 3.27. The van der Waals surface area contributed by atoms with Crippen molar-refractivity contribution < 1.29 is 4.79 Å². The van der Waals surface area contributed by atoms with Crippen molar-refractivity contribution in [3.63, 3.8) is 0 Å². The third kappa shape index (κ3) is 4.19. The highest BCUT2D eigenvalue weighted by atomic mass is 35.5. The van der Waals surface area contributed by atoms with Crippen LogP contribution in [0.4, 0.5) is 5.69 Å². The van der Waals surface area contributed by atoms with E-state index in [4.69, 9.17) is 11.6 Å². The van der Waals surface area contributed by atoms with Gasteiger partial charge in [0, 0.05) is 42.3 Å². The number of fused-ring (bicyclic) bond motifs is 2. The predicted octanol–water partition coefficient (Wildman–Crippen LogP) is 2.49. The summed E-state index contributed by atoms with van der Waals surface area (Å²) in [6.07, 6.45) is 4.32. The number of hydrogen-bond donors (Lipinski definition) is 2. The van der Waals surface area contributed by atoms with E-state index in [9.17, 15) is 4.79 Å². The van der Waals surface area contributed by atoms with Crippen LogP contribution in [0.1, 0.15) is 25.7 Å². The van der Waals surface area contributed by atoms with Crippen molar-refractivity contribution in [2.45, 2.75) is 37.8 Å². The first-order chi connectivity index (χ1) is 10.2. The van der Waals surface area contributed by atoms with Crippen LogP contribution in [-0.2, 0) is 4.79 Å². The molecule has 4 nitrogen and oxygen atoms in total. The highest BCUT2D eigenvalue weighted by molar-refractivity contribution is 6.30. The third-order valence-corrected chi connectivity index (χ3v) is 4.61. The number of carbonyl (C=O) groups excluding carboxylic acids is 1. The van der Waals surface area contributed by atoms with E-state index in [1.165, 1.54) is 19.3 Å². The molecule has 1 aromatic carbocycles. The minimum atomic E-state index is 0.0552. The van der Waals surface area contributed by atoms with E-state index in [1.807, 2.05) is 12.1 Å². The van der Waals surface area contributed by atoms with Crippen LogP contribution >= 0.6 is 11.6 Å². The molecule has 1 amide bonds. The molecule has 2 aliphatic heterocycles. The molecule has 0 aromatic heterocycles. The minimum absolute atomic E-state index is 0.0552. The van der Waals surface area contributed by atoms with Gasteiger partial charge < -0.3 is 15.5 Å². The Morgan fingerprint density at radius 1 is 1.33 bits per heavy atom. The molecule has 2 fully saturated rings. The van der Waals surface area contributed by atoms with Gasteiger partial charge in [0.05, 0.1) is 0 Å². The summed E-state index contributed by atoms with van der Waals surface area (Å²) in [5.74, 6) is 0.0552. The molecule has 2 N–H and O–H groups in total. The second-order valence-corrected chi connectivity index (χ2v) is 6.47. The quantitative estimate of drug-likeness (QED) is 0.898. The lowest BCUT2D eigenvalue weighted by atomic mass is 10.1. The molecular formula is C16H22ClN3O. The average molecular weight is 308 g/mol. The molecule has 21 heavy (non-hydrogen) atoms. The van der Waals surface area contributed by atoms with Crippen LogP contribution in [0, 0.1) is 0 Å². The van der Waals surface area contributed by atoms with E-state index in [0.717, 1.165) is 25.3 Å². The van der Waals surface area contributed by atoms with Gasteiger partial charge in [-0.2, -0.15) is 0 Å². The second kappa shape index (κ2) is 6.77. The number of anilines is 1. The Morgan fingerprint density at radius 2 is 2.19 bits per heavy atom. The molecular weight excluding hydrogens is 286 g/mol. The van der Waals surface area contributed by atoms with Gasteiger partial charge in [0.25, 0.3) is 0 Å². The third-order valence-electron chi connectivity index (χ3n) is 4.37. The Labute approximate surface area is 130 Å². The van der Waals surface area contributed by atoms with Gasteiger partial charge in [-0.3, -0.25) is 4.79 Å². The van der Waals surface area contributed by atoms with Crippen molar-refractivity contribution in [1.29, 1.82) is 0 Å². The summed E-state index contributed by atoms with van der Waals surface area (Å²) in [4.78, 5) is 14.4. The van der Waals surface area contributed by atoms with Gasteiger partial charge in [-0.05, 0) is 44.0 Å². The van der Waals surface area contributed by atoms with Crippen molar-refractivity contribution in [3.05, 3.63) is 29.3 Å². The first-order valence-corrected chi connectivity index (χ1v) is 8.11. The molecule has 1 aromatic rings. The molecule has 0 saturated carbocycles. The second-order valence-electron chi connectivity index (χ2n) is 6.04. The fraction of sp³-hybridized carbons (Fsp3) is 0.562. The van der Waals surface area contributed by atoms with Gasteiger partial charge in [0.1, 0.15) is 0 Å². The summed E-state index contributed by atoms with van der Waals surface area (Å²) in [6, 6.07) is 8.59. The Kier molecular flexibility index (Phi) is 4.78. The molecule has 3 rings (SSSR count). The lowest BCUT2D eigenvalue weighted by molar-refractivity contribution is -0.116. The summed E-state index contributed by atoms with van der Waals surface area (Å²) in [6.45, 7) is 3.00. The Balaban J connectivity index is 1.45. The molecule has 2 bridgehead atoms. The zero-order valence-electron chi connectivity index (χ0n) is 12.1. The van der Waals surface area contributed by atoms with Gasteiger partial charge in [-0.1, -0.05) is 17.7 Å². The summed E-state index contributed by atoms with van der Waals surface area (Å²) in [5.41, 5.74) is 0.768. The summed E-state index contributed by atoms with van der Waals surface area (Å²) >= 11 is 5.91. The van der Waals surface area contributed by atoms with Gasteiger partial charge in [-0.25, -0.2) is 0 Å². The number of likely N-dealkylation sites (tertiary alicyclic amines) is 1. The Morgan fingerprint density at radius 3 is 3.05 bits per heavy atom. The minimum Gasteiger partial charge on any atom is -0.326 e. The van der Waals surface area contributed by atoms with Gasteiger partial charge in [-0.15, -0.1) is 0 Å². The highest BCUT2D eigenvalue weighted by Gasteiger charge is 2.29. The van der Waals surface area contributed by atoms with Gasteiger partial charge >= 0.3 is 0 Å². The number of rotatable bonds is 4. The van der Waals surface area contributed by atoms with Crippen LogP contribution in [0.3, 0.4) is 0 Å². The van der Waals surface area contributed by atoms with E-state index in [1.54, 1.807) is 12.1 Å². The fourth-order valence-corrected chi connectivity index (χ4v) is 3.46. The predicted molar refractivity (Wildman–Crippen MR) is 85.7 cm³/mol. The normalized spacial score (nSPS) is 25.6. The van der Waals surface area contributed by atoms with Crippen LogP contribution in [0.25, 0.3) is 0 Å². The average Bonchev–Trinajstić information content (AvgIpc) is 2.77. The number of amides is 1. The van der Waals surface area contributed by atoms with Crippen LogP contribution in [-0.4, -0.2) is 42.5 Å². The van der Waals surface area contributed by atoms with Crippen LogP contribution in [0.5, 0.6) is 0 Å². The molecule has 2 unspecified atom stereocenters. The van der Waals surface area contributed by atoms with Crippen molar-refractivity contribution in [1.82, 2.24) is 10.2 Å². The van der Waals surface area contributed by atoms with Crippen LogP contribution < -0.4 is 10.6 Å². The van der Waals surface area contributed by atoms with Gasteiger partial charge in [0.2, 0.25) is 5.91 Å². The summed E-state index contributed by atoms with van der Waals surface area (Å²) in [5, 5.41) is 7.21. The molecule has 2 atom stereocenters. The standard InChI is InChI=1S/C16H22ClN3O/c17-12-2-1-3-14(10-12)19-16(21)7-9-20-8-6-13-4-5-15(11-20)18-13/h1-3,10,13,15,18H,4-9,11H2,(H,19,21). The van der Waals surface area contributed by atoms with Crippen molar-refractivity contribution >= 4 is 23.2 Å². The molecule has 114 valence electrons. The smallest absolute Gasteiger partial charge is 0.225 e. The molecule has 0 aliphatic carbocycles. The van der Waals surface area contributed by atoms with E-state index >= 15 is 0 Å². The van der Waals surface area contributed by atoms with E-state index < -0.39 is 0 Å². The molecule has 2 saturated heterocycles. The highest BCUT2D eigenvalue weighted by Crippen LogP contribution is 2.20. The lowest BCUT2D eigenvalue weighted by Gasteiger charge is -2.23. The monoisotopic (exact) mass is 307 g/mol. The molecule has 5 heteroatoms. The van der Waals surface area contributed by atoms with E-state index in [-0.39, 0.29) is 5.91 Å². The first-order valence-electron chi connectivity index (χ1n) is 7.73. The number of nitrogens with zero attached hydrogens (tertiary/aromatic N) is 1. The number of halogens is 1. The molecule has 2 aliphatic rings. The molecule has 0 radical (unpaired) electrons. The van der Waals surface area contributed by atoms with Crippen LogP contribution in [0.2, 0.25) is 5.02 Å². The van der Waals surface area contributed by atoms with Crippen molar-refractivity contribution in [3.8, 4) is 0 Å².